The van der Waals surface area contributed by atoms with Gasteiger partial charge in [0.1, 0.15) is 0 Å². The largest absolute Gasteiger partial charge is 0.315 e. The fourth-order valence-corrected chi connectivity index (χ4v) is 2.38. The van der Waals surface area contributed by atoms with Gasteiger partial charge in [-0.15, -0.1) is 0 Å². The highest BCUT2D eigenvalue weighted by Crippen LogP contribution is 1.98. The zero-order valence-corrected chi connectivity index (χ0v) is 11.2. The third kappa shape index (κ3) is 5.83. The van der Waals surface area contributed by atoms with Crippen molar-refractivity contribution < 1.29 is 0 Å². The Morgan fingerprint density at radius 3 is 2.44 bits per heavy atom. The van der Waals surface area contributed by atoms with E-state index in [9.17, 15) is 0 Å². The van der Waals surface area contributed by atoms with Crippen LogP contribution in [-0.4, -0.2) is 62.2 Å². The van der Waals surface area contributed by atoms with E-state index in [2.05, 4.69) is 29.0 Å². The van der Waals surface area contributed by atoms with Gasteiger partial charge >= 0.3 is 0 Å². The quantitative estimate of drug-likeness (QED) is 0.709. The first-order valence-corrected chi connectivity index (χ1v) is 7.02. The smallest absolute Gasteiger partial charge is 0.0110 e. The molecule has 0 aliphatic carbocycles. The molecule has 1 aliphatic heterocycles. The van der Waals surface area contributed by atoms with Gasteiger partial charge in [0.05, 0.1) is 0 Å². The van der Waals surface area contributed by atoms with Gasteiger partial charge in [-0.3, -0.25) is 0 Å². The molecule has 1 aliphatic rings. The van der Waals surface area contributed by atoms with Crippen LogP contribution in [0.3, 0.4) is 0 Å². The minimum Gasteiger partial charge on any atom is -0.315 e. The van der Waals surface area contributed by atoms with Crippen molar-refractivity contribution in [3.05, 3.63) is 0 Å². The Kier molecular flexibility index (Phi) is 7.81. The van der Waals surface area contributed by atoms with Crippen LogP contribution >= 0.6 is 0 Å². The van der Waals surface area contributed by atoms with E-state index in [0.717, 1.165) is 0 Å². The Balaban J connectivity index is 2.18. The van der Waals surface area contributed by atoms with Gasteiger partial charge in [-0.1, -0.05) is 13.8 Å². The fourth-order valence-electron chi connectivity index (χ4n) is 2.38. The number of hydrogen-bond donors (Lipinski definition) is 1. The molecule has 0 aromatic heterocycles. The van der Waals surface area contributed by atoms with Gasteiger partial charge in [0.2, 0.25) is 0 Å². The van der Waals surface area contributed by atoms with Crippen molar-refractivity contribution in [2.75, 3.05) is 52.4 Å². The second kappa shape index (κ2) is 8.97. The first kappa shape index (κ1) is 13.9. The molecule has 0 atom stereocenters. The van der Waals surface area contributed by atoms with E-state index in [-0.39, 0.29) is 0 Å². The SMILES string of the molecule is CCCN(CCC)CCN1CCCNCC1. The molecular formula is C13H29N3. The molecule has 0 saturated carbocycles. The predicted octanol–water partition coefficient (Wildman–Crippen LogP) is 1.40. The maximum absolute atomic E-state index is 3.46. The van der Waals surface area contributed by atoms with Crippen LogP contribution in [-0.2, 0) is 0 Å². The number of nitrogens with zero attached hydrogens (tertiary/aromatic N) is 2. The summed E-state index contributed by atoms with van der Waals surface area (Å²) < 4.78 is 0. The molecule has 1 saturated heterocycles. The molecule has 3 nitrogen and oxygen atoms in total. The van der Waals surface area contributed by atoms with Gasteiger partial charge in [0.15, 0.2) is 0 Å². The van der Waals surface area contributed by atoms with E-state index in [1.165, 1.54) is 71.6 Å². The minimum absolute atomic E-state index is 1.17. The van der Waals surface area contributed by atoms with Crippen LogP contribution in [0.4, 0.5) is 0 Å². The molecule has 1 fully saturated rings. The van der Waals surface area contributed by atoms with E-state index < -0.39 is 0 Å². The van der Waals surface area contributed by atoms with Crippen LogP contribution in [0.2, 0.25) is 0 Å². The van der Waals surface area contributed by atoms with Gasteiger partial charge in [-0.2, -0.15) is 0 Å². The average molecular weight is 227 g/mol. The highest BCUT2D eigenvalue weighted by Gasteiger charge is 2.10. The minimum atomic E-state index is 1.17. The summed E-state index contributed by atoms with van der Waals surface area (Å²) in [6, 6.07) is 0. The molecule has 0 amide bonds. The summed E-state index contributed by atoms with van der Waals surface area (Å²) in [5.74, 6) is 0. The van der Waals surface area contributed by atoms with Gasteiger partial charge in [0, 0.05) is 26.2 Å². The molecule has 0 aromatic carbocycles. The Labute approximate surface area is 101 Å². The van der Waals surface area contributed by atoms with Gasteiger partial charge in [-0.25, -0.2) is 0 Å². The number of rotatable bonds is 7. The molecule has 1 heterocycles. The van der Waals surface area contributed by atoms with Crippen LogP contribution in [0, 0.1) is 0 Å². The number of hydrogen-bond acceptors (Lipinski definition) is 3. The van der Waals surface area contributed by atoms with E-state index in [1.807, 2.05) is 0 Å². The van der Waals surface area contributed by atoms with Gasteiger partial charge in [-0.05, 0) is 45.4 Å². The molecule has 0 bridgehead atoms. The van der Waals surface area contributed by atoms with Crippen molar-refractivity contribution in [3.8, 4) is 0 Å². The third-order valence-corrected chi connectivity index (χ3v) is 3.24. The van der Waals surface area contributed by atoms with Crippen LogP contribution < -0.4 is 5.32 Å². The molecular weight excluding hydrogens is 198 g/mol. The molecule has 16 heavy (non-hydrogen) atoms. The molecule has 0 unspecified atom stereocenters. The Morgan fingerprint density at radius 1 is 1.00 bits per heavy atom. The van der Waals surface area contributed by atoms with Crippen molar-refractivity contribution in [3.63, 3.8) is 0 Å². The standard InChI is InChI=1S/C13H29N3/c1-3-8-15(9-4-2)12-13-16-10-5-6-14-7-11-16/h14H,3-13H2,1-2H3. The third-order valence-electron chi connectivity index (χ3n) is 3.24. The van der Waals surface area contributed by atoms with Crippen LogP contribution in [0.15, 0.2) is 0 Å². The highest BCUT2D eigenvalue weighted by atomic mass is 15.2. The molecule has 96 valence electrons. The van der Waals surface area contributed by atoms with Crippen molar-refractivity contribution in [2.45, 2.75) is 33.1 Å². The van der Waals surface area contributed by atoms with Crippen LogP contribution in [0.1, 0.15) is 33.1 Å². The topological polar surface area (TPSA) is 18.5 Å². The van der Waals surface area contributed by atoms with Crippen molar-refractivity contribution in [1.29, 1.82) is 0 Å². The van der Waals surface area contributed by atoms with Gasteiger partial charge in [0.25, 0.3) is 0 Å². The number of nitrogens with one attached hydrogen (secondary N) is 1. The van der Waals surface area contributed by atoms with Crippen molar-refractivity contribution >= 4 is 0 Å². The van der Waals surface area contributed by atoms with Crippen molar-refractivity contribution in [2.24, 2.45) is 0 Å². The lowest BCUT2D eigenvalue weighted by molar-refractivity contribution is 0.210. The highest BCUT2D eigenvalue weighted by molar-refractivity contribution is 4.68. The summed E-state index contributed by atoms with van der Waals surface area (Å²) in [6.07, 6.45) is 3.87. The second-order valence-electron chi connectivity index (χ2n) is 4.79. The maximum Gasteiger partial charge on any atom is 0.0110 e. The lowest BCUT2D eigenvalue weighted by Gasteiger charge is -2.26. The molecule has 0 spiro atoms. The molecule has 0 aromatic rings. The molecule has 1 rings (SSSR count). The zero-order chi connectivity index (χ0) is 11.6. The lowest BCUT2D eigenvalue weighted by Crippen LogP contribution is -2.37. The summed E-state index contributed by atoms with van der Waals surface area (Å²) >= 11 is 0. The summed E-state index contributed by atoms with van der Waals surface area (Å²) in [7, 11) is 0. The van der Waals surface area contributed by atoms with Crippen LogP contribution in [0.25, 0.3) is 0 Å². The summed E-state index contributed by atoms with van der Waals surface area (Å²) in [5, 5.41) is 3.46. The zero-order valence-electron chi connectivity index (χ0n) is 11.2. The first-order valence-electron chi connectivity index (χ1n) is 7.02. The fraction of sp³-hybridized carbons (Fsp3) is 1.00. The van der Waals surface area contributed by atoms with E-state index in [0.29, 0.717) is 0 Å². The maximum atomic E-state index is 3.46. The molecule has 1 N–H and O–H groups in total. The first-order chi connectivity index (χ1) is 7.86. The summed E-state index contributed by atoms with van der Waals surface area (Å²) in [6.45, 7) is 14.5. The van der Waals surface area contributed by atoms with E-state index in [4.69, 9.17) is 0 Å². The Morgan fingerprint density at radius 2 is 1.75 bits per heavy atom. The normalized spacial score (nSPS) is 18.9. The predicted molar refractivity (Wildman–Crippen MR) is 70.9 cm³/mol. The van der Waals surface area contributed by atoms with Gasteiger partial charge < -0.3 is 15.1 Å². The van der Waals surface area contributed by atoms with E-state index >= 15 is 0 Å². The van der Waals surface area contributed by atoms with E-state index in [1.54, 1.807) is 0 Å². The molecule has 0 radical (unpaired) electrons. The van der Waals surface area contributed by atoms with Crippen LogP contribution in [0.5, 0.6) is 0 Å². The average Bonchev–Trinajstić information content (AvgIpc) is 2.55. The monoisotopic (exact) mass is 227 g/mol. The Bertz CT molecular complexity index is 145. The second-order valence-corrected chi connectivity index (χ2v) is 4.79. The molecule has 3 heteroatoms. The summed E-state index contributed by atoms with van der Waals surface area (Å²) in [5.41, 5.74) is 0. The lowest BCUT2D eigenvalue weighted by atomic mass is 10.3. The van der Waals surface area contributed by atoms with Crippen molar-refractivity contribution in [1.82, 2.24) is 15.1 Å². The summed E-state index contributed by atoms with van der Waals surface area (Å²) in [4.78, 5) is 5.22. The Hall–Kier alpha value is -0.120.